The average molecular weight is 325 g/mol. The Balaban J connectivity index is 1.64. The first-order chi connectivity index (χ1) is 11.5. The third-order valence-electron chi connectivity index (χ3n) is 7.13. The van der Waals surface area contributed by atoms with Crippen molar-refractivity contribution in [3.05, 3.63) is 36.0 Å². The van der Waals surface area contributed by atoms with Crippen molar-refractivity contribution < 1.29 is 14.6 Å². The van der Waals surface area contributed by atoms with E-state index in [1.54, 1.807) is 9.80 Å². The molecule has 24 heavy (non-hydrogen) atoms. The van der Waals surface area contributed by atoms with Crippen LogP contribution in [-0.4, -0.2) is 36.5 Å². The lowest BCUT2D eigenvalue weighted by Crippen LogP contribution is -3.41. The molecule has 0 spiro atoms. The first-order valence-corrected chi connectivity index (χ1v) is 9.25. The fourth-order valence-electron chi connectivity index (χ4n) is 6.23. The number of hydrogen-bond donors (Lipinski definition) is 2. The van der Waals surface area contributed by atoms with Crippen LogP contribution >= 0.6 is 0 Å². The molecule has 1 aromatic carbocycles. The summed E-state index contributed by atoms with van der Waals surface area (Å²) < 4.78 is 2.26. The predicted molar refractivity (Wildman–Crippen MR) is 92.9 cm³/mol. The summed E-state index contributed by atoms with van der Waals surface area (Å²) >= 11 is 0. The molecular weight excluding hydrogens is 298 g/mol. The van der Waals surface area contributed by atoms with E-state index in [1.165, 1.54) is 16.5 Å². The second-order valence-electron chi connectivity index (χ2n) is 8.69. The summed E-state index contributed by atoms with van der Waals surface area (Å²) in [5.41, 5.74) is 2.60. The molecule has 4 aliphatic heterocycles. The Labute approximate surface area is 143 Å². The minimum Gasteiger partial charge on any atom is -0.350 e. The largest absolute Gasteiger partial charge is 0.350 e. The summed E-state index contributed by atoms with van der Waals surface area (Å²) in [5, 5.41) is 1.39. The Morgan fingerprint density at radius 3 is 2.50 bits per heavy atom. The third kappa shape index (κ3) is 1.63. The van der Waals surface area contributed by atoms with Crippen molar-refractivity contribution in [3.63, 3.8) is 0 Å². The summed E-state index contributed by atoms with van der Waals surface area (Å²) in [4.78, 5) is 16.3. The van der Waals surface area contributed by atoms with Gasteiger partial charge in [0.1, 0.15) is 37.0 Å². The van der Waals surface area contributed by atoms with Gasteiger partial charge in [0.05, 0.1) is 5.56 Å². The summed E-state index contributed by atoms with van der Waals surface area (Å²) in [7, 11) is 2.15. The Bertz CT molecular complexity index is 836. The SMILES string of the molecule is CCC12C[NH+]3CC(C)(C[NH+](C1)C3c1cn(C)c3ccccc13)C2=O. The van der Waals surface area contributed by atoms with Gasteiger partial charge in [0, 0.05) is 24.1 Å². The molecule has 126 valence electrons. The number of nitrogens with one attached hydrogen (secondary N) is 2. The zero-order valence-corrected chi connectivity index (χ0v) is 14.9. The molecule has 4 fully saturated rings. The number of aromatic nitrogens is 1. The zero-order valence-electron chi connectivity index (χ0n) is 14.9. The van der Waals surface area contributed by atoms with Gasteiger partial charge in [-0.05, 0) is 19.4 Å². The third-order valence-corrected chi connectivity index (χ3v) is 7.13. The number of Topliss-reactive ketones (excluding diaryl/α,β-unsaturated/α-hetero) is 1. The van der Waals surface area contributed by atoms with Gasteiger partial charge in [-0.1, -0.05) is 25.1 Å². The number of ketones is 1. The van der Waals surface area contributed by atoms with E-state index in [1.807, 2.05) is 0 Å². The number of carbonyl (C=O) groups excluding carboxylic acids is 1. The van der Waals surface area contributed by atoms with Gasteiger partial charge in [-0.2, -0.15) is 0 Å². The lowest BCUT2D eigenvalue weighted by atomic mass is 9.60. The molecule has 0 radical (unpaired) electrons. The van der Waals surface area contributed by atoms with Crippen LogP contribution in [0.1, 0.15) is 32.0 Å². The maximum atomic E-state index is 13.1. The highest BCUT2D eigenvalue weighted by molar-refractivity contribution is 5.92. The molecule has 1 aromatic heterocycles. The van der Waals surface area contributed by atoms with Crippen LogP contribution < -0.4 is 9.80 Å². The first kappa shape index (κ1) is 14.7. The normalized spacial score (nSPS) is 40.6. The molecule has 0 saturated carbocycles. The van der Waals surface area contributed by atoms with Gasteiger partial charge >= 0.3 is 0 Å². The minimum atomic E-state index is -0.113. The van der Waals surface area contributed by atoms with Crippen LogP contribution in [0.3, 0.4) is 0 Å². The molecule has 0 amide bonds. The lowest BCUT2D eigenvalue weighted by molar-refractivity contribution is -1.18. The molecule has 4 bridgehead atoms. The molecule has 6 rings (SSSR count). The highest BCUT2D eigenvalue weighted by atomic mass is 16.1. The van der Waals surface area contributed by atoms with Gasteiger partial charge in [0.15, 0.2) is 5.78 Å². The van der Waals surface area contributed by atoms with Crippen molar-refractivity contribution in [1.82, 2.24) is 4.57 Å². The van der Waals surface area contributed by atoms with Crippen LogP contribution in [-0.2, 0) is 11.8 Å². The van der Waals surface area contributed by atoms with Gasteiger partial charge in [0.25, 0.3) is 0 Å². The molecule has 2 N–H and O–H groups in total. The Hall–Kier alpha value is -1.65. The molecule has 4 saturated heterocycles. The number of piperidine rings is 2. The van der Waals surface area contributed by atoms with E-state index in [4.69, 9.17) is 0 Å². The molecule has 2 atom stereocenters. The van der Waals surface area contributed by atoms with E-state index < -0.39 is 0 Å². The second-order valence-corrected chi connectivity index (χ2v) is 8.69. The number of benzene rings is 1. The zero-order chi connectivity index (χ0) is 16.7. The number of rotatable bonds is 2. The van der Waals surface area contributed by atoms with Crippen LogP contribution in [0.4, 0.5) is 0 Å². The standard InChI is InChI=1S/C20H25N3O/c1-4-20-12-22-10-19(2,18(20)24)11-23(13-20)17(22)15-9-21(3)16-8-6-5-7-14(15)16/h5-9,17H,4,10-13H2,1-3H3/p+2. The van der Waals surface area contributed by atoms with Gasteiger partial charge < -0.3 is 4.57 Å². The first-order valence-electron chi connectivity index (χ1n) is 9.25. The van der Waals surface area contributed by atoms with E-state index in [9.17, 15) is 4.79 Å². The molecule has 4 aliphatic rings. The molecule has 5 heterocycles. The van der Waals surface area contributed by atoms with Crippen molar-refractivity contribution in [3.8, 4) is 0 Å². The smallest absolute Gasteiger partial charge is 0.242 e. The van der Waals surface area contributed by atoms with Crippen molar-refractivity contribution in [2.75, 3.05) is 26.2 Å². The van der Waals surface area contributed by atoms with E-state index in [-0.39, 0.29) is 10.8 Å². The van der Waals surface area contributed by atoms with Gasteiger partial charge in [0.2, 0.25) is 6.17 Å². The van der Waals surface area contributed by atoms with Crippen LogP contribution in [0.25, 0.3) is 10.9 Å². The topological polar surface area (TPSA) is 30.9 Å². The number of nitrogens with zero attached hydrogens (tertiary/aromatic N) is 1. The highest BCUT2D eigenvalue weighted by Crippen LogP contribution is 2.39. The van der Waals surface area contributed by atoms with Crippen LogP contribution in [0, 0.1) is 10.8 Å². The quantitative estimate of drug-likeness (QED) is 0.798. The molecule has 2 aromatic rings. The monoisotopic (exact) mass is 325 g/mol. The Morgan fingerprint density at radius 2 is 1.83 bits per heavy atom. The van der Waals surface area contributed by atoms with Crippen molar-refractivity contribution in [1.29, 1.82) is 0 Å². The predicted octanol–water partition coefficient (Wildman–Crippen LogP) is -0.0407. The molecule has 4 heteroatoms. The van der Waals surface area contributed by atoms with E-state index in [2.05, 4.69) is 55.9 Å². The Kier molecular flexibility index (Phi) is 2.75. The number of para-hydroxylation sites is 1. The number of aryl methyl sites for hydroxylation is 1. The summed E-state index contributed by atoms with van der Waals surface area (Å²) in [6.45, 7) is 8.49. The molecule has 2 unspecified atom stereocenters. The van der Waals surface area contributed by atoms with Crippen molar-refractivity contribution in [2.24, 2.45) is 17.9 Å². The van der Waals surface area contributed by atoms with Crippen LogP contribution in [0.5, 0.6) is 0 Å². The molecular formula is C20H27N3O+2. The highest BCUT2D eigenvalue weighted by Gasteiger charge is 2.69. The fraction of sp³-hybridized carbons (Fsp3) is 0.550. The summed E-state index contributed by atoms with van der Waals surface area (Å²) in [5.74, 6) is 0.557. The number of quaternary nitrogens is 2. The van der Waals surface area contributed by atoms with Crippen LogP contribution in [0.15, 0.2) is 30.5 Å². The molecule has 4 nitrogen and oxygen atoms in total. The minimum absolute atomic E-state index is 0.0724. The number of fused-ring (bicyclic) bond motifs is 1. The average Bonchev–Trinajstić information content (AvgIpc) is 2.89. The van der Waals surface area contributed by atoms with Gasteiger partial charge in [-0.15, -0.1) is 0 Å². The maximum Gasteiger partial charge on any atom is 0.242 e. The van der Waals surface area contributed by atoms with E-state index in [0.29, 0.717) is 11.9 Å². The Morgan fingerprint density at radius 1 is 1.17 bits per heavy atom. The summed E-state index contributed by atoms with van der Waals surface area (Å²) in [6, 6.07) is 8.74. The van der Waals surface area contributed by atoms with Gasteiger partial charge in [-0.3, -0.25) is 14.6 Å². The van der Waals surface area contributed by atoms with Gasteiger partial charge in [-0.25, -0.2) is 0 Å². The lowest BCUT2D eigenvalue weighted by Gasteiger charge is -2.59. The van der Waals surface area contributed by atoms with E-state index >= 15 is 0 Å². The summed E-state index contributed by atoms with van der Waals surface area (Å²) in [6.07, 6.45) is 3.81. The number of hydrogen-bond acceptors (Lipinski definition) is 1. The van der Waals surface area contributed by atoms with Crippen LogP contribution in [0.2, 0.25) is 0 Å². The maximum absolute atomic E-state index is 13.1. The van der Waals surface area contributed by atoms with Crippen molar-refractivity contribution >= 4 is 16.7 Å². The van der Waals surface area contributed by atoms with Crippen molar-refractivity contribution in [2.45, 2.75) is 26.4 Å². The van der Waals surface area contributed by atoms with E-state index in [0.717, 1.165) is 32.6 Å². The fourth-order valence-corrected chi connectivity index (χ4v) is 6.23. The number of carbonyl (C=O) groups is 1. The molecule has 0 aliphatic carbocycles. The second kappa shape index (κ2) is 4.50.